The van der Waals surface area contributed by atoms with E-state index in [4.69, 9.17) is 14.2 Å². The predicted molar refractivity (Wildman–Crippen MR) is 74.7 cm³/mol. The monoisotopic (exact) mass is 279 g/mol. The van der Waals surface area contributed by atoms with Gasteiger partial charge in [0.1, 0.15) is 0 Å². The molecule has 0 saturated carbocycles. The molecule has 0 fully saturated rings. The van der Waals surface area contributed by atoms with Gasteiger partial charge < -0.3 is 19.5 Å². The minimum Gasteiger partial charge on any atom is -0.469 e. The number of methoxy groups -OCH3 is 1. The van der Waals surface area contributed by atoms with Crippen LogP contribution in [-0.4, -0.2) is 25.9 Å². The first-order valence-corrected chi connectivity index (χ1v) is 6.85. The van der Waals surface area contributed by atoms with Crippen molar-refractivity contribution in [3.63, 3.8) is 0 Å². The normalized spacial score (nSPS) is 15.8. The molecule has 1 heterocycles. The van der Waals surface area contributed by atoms with Crippen molar-refractivity contribution in [2.24, 2.45) is 5.92 Å². The first-order chi connectivity index (χ1) is 9.65. The third kappa shape index (κ3) is 3.22. The van der Waals surface area contributed by atoms with Crippen LogP contribution in [0.2, 0.25) is 0 Å². The van der Waals surface area contributed by atoms with Gasteiger partial charge in [0.15, 0.2) is 11.5 Å². The average molecular weight is 279 g/mol. The second-order valence-corrected chi connectivity index (χ2v) is 4.90. The maximum atomic E-state index is 11.7. The largest absolute Gasteiger partial charge is 0.469 e. The summed E-state index contributed by atoms with van der Waals surface area (Å²) in [5.41, 5.74) is 1.10. The number of carbonyl (C=O) groups excluding carboxylic acids is 1. The maximum Gasteiger partial charge on any atom is 0.310 e. The molecular weight excluding hydrogens is 258 g/mol. The lowest BCUT2D eigenvalue weighted by atomic mass is 9.98. The molecule has 20 heavy (non-hydrogen) atoms. The van der Waals surface area contributed by atoms with Crippen LogP contribution in [0.5, 0.6) is 11.5 Å². The molecule has 0 saturated heterocycles. The van der Waals surface area contributed by atoms with Crippen molar-refractivity contribution in [2.75, 3.05) is 13.9 Å². The fraction of sp³-hybridized carbons (Fsp3) is 0.533. The first-order valence-electron chi connectivity index (χ1n) is 6.85. The summed E-state index contributed by atoms with van der Waals surface area (Å²) in [6, 6.07) is 5.91. The molecule has 1 aliphatic rings. The summed E-state index contributed by atoms with van der Waals surface area (Å²) >= 11 is 0. The van der Waals surface area contributed by atoms with Gasteiger partial charge in [0.05, 0.1) is 13.0 Å². The predicted octanol–water partition coefficient (Wildman–Crippen LogP) is 2.09. The van der Waals surface area contributed by atoms with Crippen molar-refractivity contribution in [1.82, 2.24) is 5.32 Å². The van der Waals surface area contributed by atoms with Crippen LogP contribution in [0.3, 0.4) is 0 Å². The summed E-state index contributed by atoms with van der Waals surface area (Å²) in [5, 5.41) is 3.36. The maximum absolute atomic E-state index is 11.7. The first kappa shape index (κ1) is 14.7. The van der Waals surface area contributed by atoms with Gasteiger partial charge in [-0.05, 0) is 31.0 Å². The molecule has 2 rings (SSSR count). The number of hydrogen-bond acceptors (Lipinski definition) is 5. The third-order valence-electron chi connectivity index (χ3n) is 3.61. The highest BCUT2D eigenvalue weighted by molar-refractivity contribution is 5.73. The number of carbonyl (C=O) groups is 1. The highest BCUT2D eigenvalue weighted by Gasteiger charge is 2.23. The Bertz CT molecular complexity index is 475. The van der Waals surface area contributed by atoms with E-state index in [9.17, 15) is 4.79 Å². The molecule has 0 amide bonds. The highest BCUT2D eigenvalue weighted by Crippen LogP contribution is 2.32. The van der Waals surface area contributed by atoms with Gasteiger partial charge in [-0.1, -0.05) is 13.0 Å². The second kappa shape index (κ2) is 6.61. The number of rotatable bonds is 6. The molecule has 1 aromatic carbocycles. The summed E-state index contributed by atoms with van der Waals surface area (Å²) in [5.74, 6) is 1.26. The molecule has 0 aromatic heterocycles. The van der Waals surface area contributed by atoms with E-state index in [1.54, 1.807) is 0 Å². The van der Waals surface area contributed by atoms with Crippen molar-refractivity contribution in [3.05, 3.63) is 23.8 Å². The Morgan fingerprint density at radius 3 is 2.85 bits per heavy atom. The smallest absolute Gasteiger partial charge is 0.310 e. The number of benzene rings is 1. The number of fused-ring (bicyclic) bond motifs is 1. The van der Waals surface area contributed by atoms with Crippen LogP contribution in [0.1, 0.15) is 25.8 Å². The fourth-order valence-electron chi connectivity index (χ4n) is 2.35. The summed E-state index contributed by atoms with van der Waals surface area (Å²) < 4.78 is 15.4. The lowest BCUT2D eigenvalue weighted by molar-refractivity contribution is -0.146. The Labute approximate surface area is 119 Å². The molecule has 0 spiro atoms. The molecule has 0 radical (unpaired) electrons. The van der Waals surface area contributed by atoms with Crippen LogP contribution in [0.15, 0.2) is 18.2 Å². The summed E-state index contributed by atoms with van der Waals surface area (Å²) in [6.07, 6.45) is 0.752. The molecule has 2 atom stereocenters. The number of esters is 1. The van der Waals surface area contributed by atoms with E-state index in [1.165, 1.54) is 7.11 Å². The summed E-state index contributed by atoms with van der Waals surface area (Å²) in [4.78, 5) is 11.7. The Balaban J connectivity index is 1.92. The van der Waals surface area contributed by atoms with Gasteiger partial charge in [-0.3, -0.25) is 4.79 Å². The van der Waals surface area contributed by atoms with Gasteiger partial charge in [0, 0.05) is 12.6 Å². The van der Waals surface area contributed by atoms with Gasteiger partial charge in [-0.25, -0.2) is 0 Å². The van der Waals surface area contributed by atoms with Crippen molar-refractivity contribution in [1.29, 1.82) is 0 Å². The number of nitrogens with one attached hydrogen (secondary N) is 1. The van der Waals surface area contributed by atoms with E-state index in [1.807, 2.05) is 32.0 Å². The van der Waals surface area contributed by atoms with Crippen LogP contribution in [0, 0.1) is 5.92 Å². The van der Waals surface area contributed by atoms with Crippen molar-refractivity contribution >= 4 is 5.97 Å². The zero-order valence-electron chi connectivity index (χ0n) is 12.1. The molecule has 110 valence electrons. The molecule has 0 bridgehead atoms. The molecule has 1 aliphatic heterocycles. The number of ether oxygens (including phenoxy) is 3. The third-order valence-corrected chi connectivity index (χ3v) is 3.61. The summed E-state index contributed by atoms with van der Waals surface area (Å²) in [6.45, 7) is 4.94. The fourth-order valence-corrected chi connectivity index (χ4v) is 2.35. The van der Waals surface area contributed by atoms with Gasteiger partial charge in [-0.15, -0.1) is 0 Å². The van der Waals surface area contributed by atoms with Crippen molar-refractivity contribution in [3.8, 4) is 11.5 Å². The minimum atomic E-state index is -0.168. The van der Waals surface area contributed by atoms with Gasteiger partial charge >= 0.3 is 5.97 Å². The van der Waals surface area contributed by atoms with E-state index < -0.39 is 0 Å². The van der Waals surface area contributed by atoms with Crippen molar-refractivity contribution in [2.45, 2.75) is 32.9 Å². The molecule has 5 nitrogen and oxygen atoms in total. The summed E-state index contributed by atoms with van der Waals surface area (Å²) in [7, 11) is 1.43. The molecule has 1 aromatic rings. The Kier molecular flexibility index (Phi) is 4.84. The SMILES string of the molecule is CCC(C(=O)OC)C(C)NCc1ccc2c(c1)OCO2. The molecule has 5 heteroatoms. The van der Waals surface area contributed by atoms with E-state index >= 15 is 0 Å². The lowest BCUT2D eigenvalue weighted by Crippen LogP contribution is -2.37. The minimum absolute atomic E-state index is 0.0536. The van der Waals surface area contributed by atoms with Crippen LogP contribution in [0.4, 0.5) is 0 Å². The van der Waals surface area contributed by atoms with E-state index in [-0.39, 0.29) is 24.7 Å². The quantitative estimate of drug-likeness (QED) is 0.808. The Morgan fingerprint density at radius 2 is 2.15 bits per heavy atom. The molecule has 1 N–H and O–H groups in total. The lowest BCUT2D eigenvalue weighted by Gasteiger charge is -2.21. The average Bonchev–Trinajstić information content (AvgIpc) is 2.93. The van der Waals surface area contributed by atoms with Crippen molar-refractivity contribution < 1.29 is 19.0 Å². The standard InChI is InChI=1S/C15H21NO4/c1-4-12(15(17)18-3)10(2)16-8-11-5-6-13-14(7-11)20-9-19-13/h5-7,10,12,16H,4,8-9H2,1-3H3. The van der Waals surface area contributed by atoms with Crippen LogP contribution < -0.4 is 14.8 Å². The molecular formula is C15H21NO4. The zero-order valence-corrected chi connectivity index (χ0v) is 12.1. The van der Waals surface area contributed by atoms with E-state index in [2.05, 4.69) is 5.32 Å². The van der Waals surface area contributed by atoms with Gasteiger partial charge in [0.25, 0.3) is 0 Å². The Hall–Kier alpha value is -1.75. The van der Waals surface area contributed by atoms with Gasteiger partial charge in [0.2, 0.25) is 6.79 Å². The zero-order chi connectivity index (χ0) is 14.5. The van der Waals surface area contributed by atoms with E-state index in [0.717, 1.165) is 23.5 Å². The number of hydrogen-bond donors (Lipinski definition) is 1. The van der Waals surface area contributed by atoms with Gasteiger partial charge in [-0.2, -0.15) is 0 Å². The second-order valence-electron chi connectivity index (χ2n) is 4.90. The van der Waals surface area contributed by atoms with Crippen LogP contribution in [-0.2, 0) is 16.1 Å². The topological polar surface area (TPSA) is 56.8 Å². The highest BCUT2D eigenvalue weighted by atomic mass is 16.7. The molecule has 2 unspecified atom stereocenters. The Morgan fingerprint density at radius 1 is 1.40 bits per heavy atom. The van der Waals surface area contributed by atoms with Crippen LogP contribution in [0.25, 0.3) is 0 Å². The van der Waals surface area contributed by atoms with E-state index in [0.29, 0.717) is 6.54 Å². The van der Waals surface area contributed by atoms with Crippen LogP contribution >= 0.6 is 0 Å². The molecule has 0 aliphatic carbocycles.